The van der Waals surface area contributed by atoms with Crippen molar-refractivity contribution in [2.24, 2.45) is 5.73 Å². The van der Waals surface area contributed by atoms with Gasteiger partial charge in [0.05, 0.1) is 17.1 Å². The Morgan fingerprint density at radius 1 is 1.33 bits per heavy atom. The maximum Gasteiger partial charge on any atom is 0.243 e. The third-order valence-electron chi connectivity index (χ3n) is 4.10. The van der Waals surface area contributed by atoms with E-state index in [0.717, 1.165) is 12.8 Å². The van der Waals surface area contributed by atoms with Gasteiger partial charge in [-0.1, -0.05) is 24.4 Å². The number of aryl methyl sites for hydroxylation is 1. The maximum absolute atomic E-state index is 12.9. The van der Waals surface area contributed by atoms with Crippen LogP contribution in [0.4, 0.5) is 0 Å². The number of morpholine rings is 1. The minimum Gasteiger partial charge on any atom is -0.389 e. The first-order valence-corrected chi connectivity index (χ1v) is 8.79. The molecule has 3 rings (SSSR count). The maximum atomic E-state index is 12.9. The summed E-state index contributed by atoms with van der Waals surface area (Å²) in [5.74, 6) is 0. The highest BCUT2D eigenvalue weighted by molar-refractivity contribution is 7.89. The standard InChI is InChI=1S/C14H18N2O3S2/c1-9-2-3-10(14(15)20)6-13(9)21(17,18)16-7-11-4-5-12(8-16)19-11/h2-3,6,11-12H,4-5,7-8H2,1H3,(H2,15,20). The Morgan fingerprint density at radius 2 is 1.95 bits per heavy atom. The smallest absolute Gasteiger partial charge is 0.243 e. The molecule has 2 heterocycles. The average Bonchev–Trinajstić information content (AvgIpc) is 2.77. The first kappa shape index (κ1) is 14.9. The quantitative estimate of drug-likeness (QED) is 0.845. The Morgan fingerprint density at radius 3 is 2.52 bits per heavy atom. The van der Waals surface area contributed by atoms with Gasteiger partial charge >= 0.3 is 0 Å². The first-order chi connectivity index (χ1) is 9.88. The third-order valence-corrected chi connectivity index (χ3v) is 6.31. The second-order valence-corrected chi connectivity index (χ2v) is 7.97. The highest BCUT2D eigenvalue weighted by Gasteiger charge is 2.39. The molecule has 2 bridgehead atoms. The predicted molar refractivity (Wildman–Crippen MR) is 83.7 cm³/mol. The largest absolute Gasteiger partial charge is 0.389 e. The van der Waals surface area contributed by atoms with Crippen molar-refractivity contribution in [2.45, 2.75) is 36.9 Å². The number of nitrogens with zero attached hydrogens (tertiary/aromatic N) is 1. The second kappa shape index (κ2) is 5.31. The van der Waals surface area contributed by atoms with Crippen LogP contribution in [0.25, 0.3) is 0 Å². The molecule has 2 fully saturated rings. The zero-order valence-electron chi connectivity index (χ0n) is 11.8. The lowest BCUT2D eigenvalue weighted by atomic mass is 10.1. The average molecular weight is 326 g/mol. The van der Waals surface area contributed by atoms with Crippen molar-refractivity contribution in [2.75, 3.05) is 13.1 Å². The van der Waals surface area contributed by atoms with Crippen LogP contribution < -0.4 is 5.73 Å². The molecular weight excluding hydrogens is 308 g/mol. The van der Waals surface area contributed by atoms with E-state index in [2.05, 4.69) is 0 Å². The van der Waals surface area contributed by atoms with Gasteiger partial charge in [-0.15, -0.1) is 0 Å². The van der Waals surface area contributed by atoms with Crippen molar-refractivity contribution in [3.8, 4) is 0 Å². The number of benzene rings is 1. The summed E-state index contributed by atoms with van der Waals surface area (Å²) < 4.78 is 33.0. The van der Waals surface area contributed by atoms with Crippen LogP contribution >= 0.6 is 12.2 Å². The van der Waals surface area contributed by atoms with Crippen LogP contribution in [0.3, 0.4) is 0 Å². The van der Waals surface area contributed by atoms with Crippen molar-refractivity contribution in [1.82, 2.24) is 4.31 Å². The predicted octanol–water partition coefficient (Wildman–Crippen LogP) is 1.18. The van der Waals surface area contributed by atoms with E-state index in [4.69, 9.17) is 22.7 Å². The molecule has 2 unspecified atom stereocenters. The number of fused-ring (bicyclic) bond motifs is 2. The van der Waals surface area contributed by atoms with E-state index in [0.29, 0.717) is 24.2 Å². The molecule has 7 heteroatoms. The summed E-state index contributed by atoms with van der Waals surface area (Å²) in [6.45, 7) is 2.64. The van der Waals surface area contributed by atoms with E-state index in [1.807, 2.05) is 0 Å². The lowest BCUT2D eigenvalue weighted by Crippen LogP contribution is -2.45. The summed E-state index contributed by atoms with van der Waals surface area (Å²) in [4.78, 5) is 0.489. The molecule has 0 aromatic heterocycles. The zero-order valence-corrected chi connectivity index (χ0v) is 13.4. The molecule has 1 aromatic carbocycles. The molecule has 21 heavy (non-hydrogen) atoms. The summed E-state index contributed by atoms with van der Waals surface area (Å²) in [5.41, 5.74) is 6.89. The third kappa shape index (κ3) is 2.70. The molecule has 0 spiro atoms. The monoisotopic (exact) mass is 326 g/mol. The number of thiocarbonyl (C=S) groups is 1. The molecule has 0 aliphatic carbocycles. The molecule has 114 valence electrons. The summed E-state index contributed by atoms with van der Waals surface area (Å²) in [5, 5.41) is 0. The van der Waals surface area contributed by atoms with Gasteiger partial charge in [0.15, 0.2) is 0 Å². The normalized spacial score (nSPS) is 26.0. The van der Waals surface area contributed by atoms with Gasteiger partial charge in [0.1, 0.15) is 4.99 Å². The van der Waals surface area contributed by atoms with Gasteiger partial charge in [0.25, 0.3) is 0 Å². The SMILES string of the molecule is Cc1ccc(C(N)=S)cc1S(=O)(=O)N1CC2CCC(C1)O2. The molecule has 2 saturated heterocycles. The van der Waals surface area contributed by atoms with Crippen molar-refractivity contribution in [3.63, 3.8) is 0 Å². The molecule has 5 nitrogen and oxygen atoms in total. The van der Waals surface area contributed by atoms with E-state index >= 15 is 0 Å². The molecule has 2 atom stereocenters. The van der Waals surface area contributed by atoms with Crippen molar-refractivity contribution >= 4 is 27.2 Å². The Balaban J connectivity index is 1.98. The Bertz CT molecular complexity index is 675. The Labute approximate surface area is 130 Å². The zero-order chi connectivity index (χ0) is 15.2. The van der Waals surface area contributed by atoms with E-state index in [9.17, 15) is 8.42 Å². The van der Waals surface area contributed by atoms with Crippen LogP contribution in [-0.4, -0.2) is 43.0 Å². The molecule has 1 aromatic rings. The number of hydrogen-bond acceptors (Lipinski definition) is 4. The Kier molecular flexibility index (Phi) is 3.77. The van der Waals surface area contributed by atoms with Crippen molar-refractivity contribution in [1.29, 1.82) is 0 Å². The van der Waals surface area contributed by atoms with E-state index < -0.39 is 10.0 Å². The molecule has 2 N–H and O–H groups in total. The lowest BCUT2D eigenvalue weighted by Gasteiger charge is -2.31. The molecule has 0 radical (unpaired) electrons. The van der Waals surface area contributed by atoms with Gasteiger partial charge in [-0.05, 0) is 31.4 Å². The minimum atomic E-state index is -3.54. The molecule has 0 amide bonds. The summed E-state index contributed by atoms with van der Waals surface area (Å²) in [6, 6.07) is 5.07. The van der Waals surface area contributed by atoms with Crippen LogP contribution in [0.5, 0.6) is 0 Å². The first-order valence-electron chi connectivity index (χ1n) is 6.94. The Hall–Kier alpha value is -1.02. The van der Waals surface area contributed by atoms with Gasteiger partial charge in [0.2, 0.25) is 10.0 Å². The van der Waals surface area contributed by atoms with Gasteiger partial charge in [-0.25, -0.2) is 8.42 Å². The summed E-state index contributed by atoms with van der Waals surface area (Å²) >= 11 is 4.94. The van der Waals surface area contributed by atoms with Crippen molar-refractivity contribution in [3.05, 3.63) is 29.3 Å². The number of sulfonamides is 1. The number of hydrogen-bond donors (Lipinski definition) is 1. The summed E-state index contributed by atoms with van der Waals surface area (Å²) in [6.07, 6.45) is 1.92. The van der Waals surface area contributed by atoms with Gasteiger partial charge in [-0.3, -0.25) is 0 Å². The van der Waals surface area contributed by atoms with Crippen molar-refractivity contribution < 1.29 is 13.2 Å². The highest BCUT2D eigenvalue weighted by Crippen LogP contribution is 2.31. The lowest BCUT2D eigenvalue weighted by molar-refractivity contribution is -0.0114. The van der Waals surface area contributed by atoms with Crippen LogP contribution in [0, 0.1) is 6.92 Å². The van der Waals surface area contributed by atoms with Crippen LogP contribution in [0.2, 0.25) is 0 Å². The van der Waals surface area contributed by atoms with E-state index in [1.165, 1.54) is 4.31 Å². The number of ether oxygens (including phenoxy) is 1. The van der Waals surface area contributed by atoms with Crippen LogP contribution in [0.1, 0.15) is 24.0 Å². The highest BCUT2D eigenvalue weighted by atomic mass is 32.2. The second-order valence-electron chi connectivity index (χ2n) is 5.62. The fraction of sp³-hybridized carbons (Fsp3) is 0.500. The fourth-order valence-electron chi connectivity index (χ4n) is 2.94. The van der Waals surface area contributed by atoms with Crippen LogP contribution in [-0.2, 0) is 14.8 Å². The molecule has 0 saturated carbocycles. The fourth-order valence-corrected chi connectivity index (χ4v) is 4.83. The number of nitrogens with two attached hydrogens (primary N) is 1. The summed E-state index contributed by atoms with van der Waals surface area (Å²) in [7, 11) is -3.54. The molecular formula is C14H18N2O3S2. The van der Waals surface area contributed by atoms with E-state index in [1.54, 1.807) is 25.1 Å². The van der Waals surface area contributed by atoms with E-state index in [-0.39, 0.29) is 22.1 Å². The van der Waals surface area contributed by atoms with Gasteiger partial charge < -0.3 is 10.5 Å². The topological polar surface area (TPSA) is 72.6 Å². The van der Waals surface area contributed by atoms with Gasteiger partial charge in [0, 0.05) is 18.7 Å². The molecule has 2 aliphatic heterocycles. The number of rotatable bonds is 3. The van der Waals surface area contributed by atoms with Gasteiger partial charge in [-0.2, -0.15) is 4.31 Å². The van der Waals surface area contributed by atoms with Crippen LogP contribution in [0.15, 0.2) is 23.1 Å². The molecule has 2 aliphatic rings. The minimum absolute atomic E-state index is 0.0256.